The average molecular weight is 372 g/mol. The number of rotatable bonds is 4. The van der Waals surface area contributed by atoms with E-state index in [1.54, 1.807) is 11.9 Å². The third-order valence-electron chi connectivity index (χ3n) is 3.81. The fourth-order valence-electron chi connectivity index (χ4n) is 2.66. The van der Waals surface area contributed by atoms with Crippen molar-refractivity contribution in [2.75, 3.05) is 0 Å². The van der Waals surface area contributed by atoms with Crippen LogP contribution in [-0.2, 0) is 0 Å². The number of nitrogens with zero attached hydrogens (tertiary/aromatic N) is 2. The van der Waals surface area contributed by atoms with Gasteiger partial charge >= 0.3 is 0 Å². The van der Waals surface area contributed by atoms with Gasteiger partial charge in [0.05, 0.1) is 16.2 Å². The molecule has 2 aromatic heterocycles. The van der Waals surface area contributed by atoms with E-state index in [4.69, 9.17) is 11.6 Å². The smallest absolute Gasteiger partial charge is 0.0895 e. The van der Waals surface area contributed by atoms with E-state index in [2.05, 4.69) is 48.5 Å². The van der Waals surface area contributed by atoms with Crippen LogP contribution in [0.3, 0.4) is 0 Å². The summed E-state index contributed by atoms with van der Waals surface area (Å²) in [5.74, 6) is 0. The fourth-order valence-corrected chi connectivity index (χ4v) is 3.54. The van der Waals surface area contributed by atoms with E-state index in [0.29, 0.717) is 5.02 Å². The van der Waals surface area contributed by atoms with Crippen LogP contribution in [0.4, 0.5) is 0 Å². The molecule has 0 aliphatic carbocycles. The second-order valence-electron chi connectivity index (χ2n) is 6.99. The predicted molar refractivity (Wildman–Crippen MR) is 109 cm³/mol. The summed E-state index contributed by atoms with van der Waals surface area (Å²) < 4.78 is 3.68. The standard InChI is InChI=1S/C20H22ClN3S/c1-13(24-25-20(2,3)4)15-12-23-19-14(8-7-9-16(19)21)18(15)17-10-5-6-11-22-17/h5-13,24H,1-4H3. The van der Waals surface area contributed by atoms with E-state index < -0.39 is 0 Å². The van der Waals surface area contributed by atoms with E-state index in [1.165, 1.54) is 0 Å². The Balaban J connectivity index is 2.15. The molecule has 0 bridgehead atoms. The molecular formula is C20H22ClN3S. The zero-order valence-electron chi connectivity index (χ0n) is 14.9. The monoisotopic (exact) mass is 371 g/mol. The molecular weight excluding hydrogens is 350 g/mol. The van der Waals surface area contributed by atoms with Crippen LogP contribution >= 0.6 is 23.5 Å². The number of nitrogens with one attached hydrogen (secondary N) is 1. The van der Waals surface area contributed by atoms with Crippen molar-refractivity contribution in [3.63, 3.8) is 0 Å². The Morgan fingerprint density at radius 3 is 2.56 bits per heavy atom. The van der Waals surface area contributed by atoms with Crippen LogP contribution in [0.15, 0.2) is 48.8 Å². The molecule has 3 aromatic rings. The Hall–Kier alpha value is -1.62. The molecule has 1 atom stereocenters. The number of para-hydroxylation sites is 1. The highest BCUT2D eigenvalue weighted by Gasteiger charge is 2.20. The largest absolute Gasteiger partial charge is 0.256 e. The normalized spacial score (nSPS) is 13.2. The van der Waals surface area contributed by atoms with Gasteiger partial charge in [0, 0.05) is 34.1 Å². The SMILES string of the molecule is CC(NSC(C)(C)C)c1cnc2c(Cl)cccc2c1-c1ccccn1. The van der Waals surface area contributed by atoms with Crippen molar-refractivity contribution < 1.29 is 0 Å². The Kier molecular flexibility index (Phi) is 5.32. The first-order valence-corrected chi connectivity index (χ1v) is 9.48. The van der Waals surface area contributed by atoms with Crippen LogP contribution < -0.4 is 4.72 Å². The van der Waals surface area contributed by atoms with Gasteiger partial charge in [0.1, 0.15) is 0 Å². The van der Waals surface area contributed by atoms with Crippen LogP contribution in [0, 0.1) is 0 Å². The lowest BCUT2D eigenvalue weighted by Crippen LogP contribution is -2.20. The third-order valence-corrected chi connectivity index (χ3v) is 5.20. The highest BCUT2D eigenvalue weighted by atomic mass is 35.5. The Labute approximate surface area is 158 Å². The van der Waals surface area contributed by atoms with Crippen LogP contribution in [0.25, 0.3) is 22.2 Å². The number of halogens is 1. The Morgan fingerprint density at radius 2 is 1.88 bits per heavy atom. The van der Waals surface area contributed by atoms with Gasteiger partial charge in [0.2, 0.25) is 0 Å². The lowest BCUT2D eigenvalue weighted by molar-refractivity contribution is 0.723. The fraction of sp³-hybridized carbons (Fsp3) is 0.300. The summed E-state index contributed by atoms with van der Waals surface area (Å²) in [6, 6.07) is 12.0. The number of benzene rings is 1. The number of hydrogen-bond acceptors (Lipinski definition) is 4. The first kappa shape index (κ1) is 18.2. The van der Waals surface area contributed by atoms with Crippen LogP contribution in [0.1, 0.15) is 39.3 Å². The van der Waals surface area contributed by atoms with Crippen LogP contribution in [0.2, 0.25) is 5.02 Å². The summed E-state index contributed by atoms with van der Waals surface area (Å²) >= 11 is 8.09. The van der Waals surface area contributed by atoms with Gasteiger partial charge in [-0.1, -0.05) is 41.7 Å². The summed E-state index contributed by atoms with van der Waals surface area (Å²) in [6.45, 7) is 8.72. The number of aromatic nitrogens is 2. The van der Waals surface area contributed by atoms with Crippen molar-refractivity contribution in [1.29, 1.82) is 0 Å². The van der Waals surface area contributed by atoms with Crippen molar-refractivity contribution in [2.45, 2.75) is 38.5 Å². The van der Waals surface area contributed by atoms with E-state index in [-0.39, 0.29) is 10.8 Å². The number of hydrogen-bond donors (Lipinski definition) is 1. The lowest BCUT2D eigenvalue weighted by Gasteiger charge is -2.24. The number of fused-ring (bicyclic) bond motifs is 1. The van der Waals surface area contributed by atoms with Crippen LogP contribution in [0.5, 0.6) is 0 Å². The summed E-state index contributed by atoms with van der Waals surface area (Å²) in [5, 5.41) is 1.68. The van der Waals surface area contributed by atoms with E-state index in [9.17, 15) is 0 Å². The number of pyridine rings is 2. The molecule has 5 heteroatoms. The molecule has 1 unspecified atom stereocenters. The van der Waals surface area contributed by atoms with E-state index >= 15 is 0 Å². The molecule has 3 nitrogen and oxygen atoms in total. The van der Waals surface area contributed by atoms with Gasteiger partial charge in [-0.25, -0.2) is 0 Å². The second-order valence-corrected chi connectivity index (χ2v) is 9.07. The molecule has 0 aliphatic rings. The van der Waals surface area contributed by atoms with Gasteiger partial charge in [-0.3, -0.25) is 14.7 Å². The maximum absolute atomic E-state index is 6.37. The third kappa shape index (κ3) is 4.14. The summed E-state index contributed by atoms with van der Waals surface area (Å²) in [6.07, 6.45) is 3.73. The molecule has 25 heavy (non-hydrogen) atoms. The zero-order valence-corrected chi connectivity index (χ0v) is 16.4. The maximum Gasteiger partial charge on any atom is 0.0895 e. The quantitative estimate of drug-likeness (QED) is 0.566. The van der Waals surface area contributed by atoms with Gasteiger partial charge in [0.15, 0.2) is 0 Å². The first-order chi connectivity index (χ1) is 11.9. The van der Waals surface area contributed by atoms with Gasteiger partial charge in [0.25, 0.3) is 0 Å². The second kappa shape index (κ2) is 7.32. The molecule has 2 heterocycles. The molecule has 0 amide bonds. The van der Waals surface area contributed by atoms with Crippen molar-refractivity contribution in [3.8, 4) is 11.3 Å². The summed E-state index contributed by atoms with van der Waals surface area (Å²) in [7, 11) is 0. The lowest BCUT2D eigenvalue weighted by atomic mass is 9.96. The van der Waals surface area contributed by atoms with Crippen LogP contribution in [-0.4, -0.2) is 14.7 Å². The van der Waals surface area contributed by atoms with Crippen molar-refractivity contribution in [2.24, 2.45) is 0 Å². The van der Waals surface area contributed by atoms with Gasteiger partial charge in [-0.2, -0.15) is 0 Å². The van der Waals surface area contributed by atoms with Crippen molar-refractivity contribution >= 4 is 34.5 Å². The summed E-state index contributed by atoms with van der Waals surface area (Å²) in [4.78, 5) is 9.20. The Bertz CT molecular complexity index is 875. The minimum atomic E-state index is 0.122. The van der Waals surface area contributed by atoms with E-state index in [0.717, 1.165) is 27.7 Å². The molecule has 0 fully saturated rings. The highest BCUT2D eigenvalue weighted by Crippen LogP contribution is 2.36. The molecule has 0 saturated heterocycles. The molecule has 130 valence electrons. The molecule has 3 rings (SSSR count). The minimum absolute atomic E-state index is 0.122. The van der Waals surface area contributed by atoms with Gasteiger partial charge in [-0.05, 0) is 51.5 Å². The van der Waals surface area contributed by atoms with Crippen molar-refractivity contribution in [3.05, 3.63) is 59.4 Å². The Morgan fingerprint density at radius 1 is 1.08 bits per heavy atom. The summed E-state index contributed by atoms with van der Waals surface area (Å²) in [5.41, 5.74) is 3.94. The predicted octanol–water partition coefficient (Wildman–Crippen LogP) is 6.05. The molecule has 0 saturated carbocycles. The minimum Gasteiger partial charge on any atom is -0.256 e. The zero-order chi connectivity index (χ0) is 18.0. The van der Waals surface area contributed by atoms with Gasteiger partial charge in [-0.15, -0.1) is 0 Å². The van der Waals surface area contributed by atoms with Crippen molar-refractivity contribution in [1.82, 2.24) is 14.7 Å². The molecule has 1 aromatic carbocycles. The first-order valence-electron chi connectivity index (χ1n) is 8.29. The van der Waals surface area contributed by atoms with E-state index in [1.807, 2.05) is 42.7 Å². The average Bonchev–Trinajstić information content (AvgIpc) is 2.59. The molecule has 1 N–H and O–H groups in total. The molecule has 0 spiro atoms. The molecule has 0 aliphatic heterocycles. The highest BCUT2D eigenvalue weighted by molar-refractivity contribution is 7.98. The topological polar surface area (TPSA) is 37.8 Å². The maximum atomic E-state index is 6.37. The van der Waals surface area contributed by atoms with Gasteiger partial charge < -0.3 is 0 Å². The molecule has 0 radical (unpaired) electrons.